The van der Waals surface area contributed by atoms with Crippen molar-refractivity contribution in [3.05, 3.63) is 24.3 Å². The molecule has 0 aliphatic carbocycles. The third kappa shape index (κ3) is 3.07. The summed E-state index contributed by atoms with van der Waals surface area (Å²) in [6.45, 7) is 5.57. The summed E-state index contributed by atoms with van der Waals surface area (Å²) >= 11 is 0. The fourth-order valence-electron chi connectivity index (χ4n) is 2.51. The zero-order chi connectivity index (χ0) is 13.7. The normalized spacial score (nSPS) is 22.2. The van der Waals surface area contributed by atoms with Crippen LogP contribution in [0.5, 0.6) is 5.75 Å². The minimum Gasteiger partial charge on any atom is -0.494 e. The van der Waals surface area contributed by atoms with Gasteiger partial charge >= 0.3 is 0 Å². The minimum atomic E-state index is -0.390. The molecule has 0 saturated carbocycles. The number of rotatable bonds is 5. The van der Waals surface area contributed by atoms with Gasteiger partial charge in [-0.2, -0.15) is 0 Å². The van der Waals surface area contributed by atoms with Gasteiger partial charge in [0.05, 0.1) is 12.1 Å². The summed E-state index contributed by atoms with van der Waals surface area (Å²) in [5.74, 6) is 0.890. The molecule has 19 heavy (non-hydrogen) atoms. The maximum atomic E-state index is 12.4. The van der Waals surface area contributed by atoms with Gasteiger partial charge in [0.2, 0.25) is 5.91 Å². The van der Waals surface area contributed by atoms with Gasteiger partial charge in [-0.25, -0.2) is 0 Å². The lowest BCUT2D eigenvalue weighted by Gasteiger charge is -2.26. The van der Waals surface area contributed by atoms with E-state index in [0.717, 1.165) is 37.2 Å². The molecular weight excluding hydrogens is 240 g/mol. The highest BCUT2D eigenvalue weighted by molar-refractivity contribution is 5.98. The average Bonchev–Trinajstić information content (AvgIpc) is 2.91. The second-order valence-corrected chi connectivity index (χ2v) is 4.88. The monoisotopic (exact) mass is 262 g/mol. The summed E-state index contributed by atoms with van der Waals surface area (Å²) in [6, 6.07) is 7.50. The molecule has 2 rings (SSSR count). The standard InChI is InChI=1S/C15H22N2O2/c1-3-15(10-5-11-16-15)14(18)17-12-6-8-13(9-7-12)19-4-2/h6-9,16H,3-5,10-11H2,1-2H3,(H,17,18). The number of carbonyl (C=O) groups excluding carboxylic acids is 1. The Morgan fingerprint density at radius 3 is 2.63 bits per heavy atom. The van der Waals surface area contributed by atoms with Gasteiger partial charge in [-0.05, 0) is 57.0 Å². The van der Waals surface area contributed by atoms with E-state index in [9.17, 15) is 4.79 Å². The van der Waals surface area contributed by atoms with Crippen molar-refractivity contribution in [1.82, 2.24) is 5.32 Å². The molecule has 1 saturated heterocycles. The molecule has 4 heteroatoms. The van der Waals surface area contributed by atoms with Gasteiger partial charge in [0, 0.05) is 5.69 Å². The van der Waals surface area contributed by atoms with Crippen LogP contribution in [0.25, 0.3) is 0 Å². The first kappa shape index (κ1) is 13.9. The van der Waals surface area contributed by atoms with Crippen LogP contribution >= 0.6 is 0 Å². The maximum Gasteiger partial charge on any atom is 0.244 e. The summed E-state index contributed by atoms with van der Waals surface area (Å²) in [6.07, 6.45) is 2.78. The second-order valence-electron chi connectivity index (χ2n) is 4.88. The van der Waals surface area contributed by atoms with Crippen molar-refractivity contribution >= 4 is 11.6 Å². The van der Waals surface area contributed by atoms with Crippen LogP contribution < -0.4 is 15.4 Å². The van der Waals surface area contributed by atoms with Gasteiger partial charge < -0.3 is 15.4 Å². The quantitative estimate of drug-likeness (QED) is 0.857. The van der Waals surface area contributed by atoms with Crippen LogP contribution in [0.4, 0.5) is 5.69 Å². The number of amides is 1. The van der Waals surface area contributed by atoms with Gasteiger partial charge in [0.15, 0.2) is 0 Å². The lowest BCUT2D eigenvalue weighted by atomic mass is 9.93. The molecule has 1 atom stereocenters. The summed E-state index contributed by atoms with van der Waals surface area (Å²) in [4.78, 5) is 12.4. The lowest BCUT2D eigenvalue weighted by molar-refractivity contribution is -0.122. The van der Waals surface area contributed by atoms with Gasteiger partial charge in [-0.15, -0.1) is 0 Å². The summed E-state index contributed by atoms with van der Waals surface area (Å²) in [7, 11) is 0. The van der Waals surface area contributed by atoms with Crippen molar-refractivity contribution in [2.75, 3.05) is 18.5 Å². The predicted octanol–water partition coefficient (Wildman–Crippen LogP) is 2.56. The lowest BCUT2D eigenvalue weighted by Crippen LogP contribution is -2.50. The first-order chi connectivity index (χ1) is 9.20. The summed E-state index contributed by atoms with van der Waals surface area (Å²) in [5.41, 5.74) is 0.425. The van der Waals surface area contributed by atoms with E-state index in [1.807, 2.05) is 31.2 Å². The average molecular weight is 262 g/mol. The molecule has 0 spiro atoms. The maximum absolute atomic E-state index is 12.4. The molecule has 1 heterocycles. The van der Waals surface area contributed by atoms with E-state index in [1.165, 1.54) is 0 Å². The van der Waals surface area contributed by atoms with Crippen molar-refractivity contribution in [3.63, 3.8) is 0 Å². The minimum absolute atomic E-state index is 0.0664. The molecule has 1 fully saturated rings. The van der Waals surface area contributed by atoms with Crippen LogP contribution in [0.1, 0.15) is 33.1 Å². The Hall–Kier alpha value is -1.55. The molecule has 104 valence electrons. The highest BCUT2D eigenvalue weighted by atomic mass is 16.5. The number of ether oxygens (including phenoxy) is 1. The Kier molecular flexibility index (Phi) is 4.43. The van der Waals surface area contributed by atoms with E-state index < -0.39 is 5.54 Å². The molecule has 1 aromatic carbocycles. The van der Waals surface area contributed by atoms with Crippen molar-refractivity contribution < 1.29 is 9.53 Å². The van der Waals surface area contributed by atoms with Crippen molar-refractivity contribution in [1.29, 1.82) is 0 Å². The van der Waals surface area contributed by atoms with Crippen LogP contribution in [0.2, 0.25) is 0 Å². The number of hydrogen-bond acceptors (Lipinski definition) is 3. The number of hydrogen-bond donors (Lipinski definition) is 2. The topological polar surface area (TPSA) is 50.4 Å². The van der Waals surface area contributed by atoms with Crippen LogP contribution in [0, 0.1) is 0 Å². The number of carbonyl (C=O) groups is 1. The third-order valence-corrected chi connectivity index (χ3v) is 3.71. The van der Waals surface area contributed by atoms with Crippen LogP contribution in [-0.4, -0.2) is 24.6 Å². The highest BCUT2D eigenvalue weighted by Gasteiger charge is 2.38. The molecule has 0 radical (unpaired) electrons. The van der Waals surface area contributed by atoms with E-state index in [4.69, 9.17) is 4.74 Å². The first-order valence-electron chi connectivity index (χ1n) is 6.99. The van der Waals surface area contributed by atoms with E-state index in [0.29, 0.717) is 6.61 Å². The number of anilines is 1. The van der Waals surface area contributed by atoms with E-state index in [-0.39, 0.29) is 5.91 Å². The molecular formula is C15H22N2O2. The van der Waals surface area contributed by atoms with E-state index in [1.54, 1.807) is 0 Å². The van der Waals surface area contributed by atoms with Crippen molar-refractivity contribution in [3.8, 4) is 5.75 Å². The third-order valence-electron chi connectivity index (χ3n) is 3.71. The zero-order valence-electron chi connectivity index (χ0n) is 11.7. The van der Waals surface area contributed by atoms with Crippen molar-refractivity contribution in [2.45, 2.75) is 38.6 Å². The van der Waals surface area contributed by atoms with Crippen LogP contribution in [-0.2, 0) is 4.79 Å². The van der Waals surface area contributed by atoms with E-state index in [2.05, 4.69) is 17.6 Å². The smallest absolute Gasteiger partial charge is 0.244 e. The van der Waals surface area contributed by atoms with Gasteiger partial charge in [-0.1, -0.05) is 6.92 Å². The van der Waals surface area contributed by atoms with Crippen molar-refractivity contribution in [2.24, 2.45) is 0 Å². The highest BCUT2D eigenvalue weighted by Crippen LogP contribution is 2.25. The summed E-state index contributed by atoms with van der Waals surface area (Å²) < 4.78 is 5.38. The van der Waals surface area contributed by atoms with Crippen LogP contribution in [0.15, 0.2) is 24.3 Å². The molecule has 2 N–H and O–H groups in total. The molecule has 0 bridgehead atoms. The fourth-order valence-corrected chi connectivity index (χ4v) is 2.51. The predicted molar refractivity (Wildman–Crippen MR) is 76.5 cm³/mol. The van der Waals surface area contributed by atoms with Crippen LogP contribution in [0.3, 0.4) is 0 Å². The fraction of sp³-hybridized carbons (Fsp3) is 0.533. The Balaban J connectivity index is 2.02. The first-order valence-corrected chi connectivity index (χ1v) is 6.99. The molecule has 1 aliphatic rings. The Morgan fingerprint density at radius 2 is 2.11 bits per heavy atom. The SMILES string of the molecule is CCOc1ccc(NC(=O)C2(CC)CCCN2)cc1. The summed E-state index contributed by atoms with van der Waals surface area (Å²) in [5, 5.41) is 6.32. The Bertz CT molecular complexity index is 422. The van der Waals surface area contributed by atoms with E-state index >= 15 is 0 Å². The molecule has 1 unspecified atom stereocenters. The van der Waals surface area contributed by atoms with Gasteiger partial charge in [-0.3, -0.25) is 4.79 Å². The molecule has 1 amide bonds. The number of benzene rings is 1. The van der Waals surface area contributed by atoms with Gasteiger partial charge in [0.25, 0.3) is 0 Å². The molecule has 1 aromatic rings. The molecule has 4 nitrogen and oxygen atoms in total. The number of nitrogens with one attached hydrogen (secondary N) is 2. The Labute approximate surface area is 114 Å². The van der Waals surface area contributed by atoms with Gasteiger partial charge in [0.1, 0.15) is 5.75 Å². The Morgan fingerprint density at radius 1 is 1.37 bits per heavy atom. The molecule has 1 aliphatic heterocycles. The zero-order valence-corrected chi connectivity index (χ0v) is 11.7. The molecule has 0 aromatic heterocycles. The second kappa shape index (κ2) is 6.06. The largest absolute Gasteiger partial charge is 0.494 e.